The molecule has 0 aliphatic carbocycles. The van der Waals surface area contributed by atoms with Crippen molar-refractivity contribution in [3.63, 3.8) is 0 Å². The molecule has 1 heterocycles. The van der Waals surface area contributed by atoms with E-state index >= 15 is 0 Å². The van der Waals surface area contributed by atoms with Gasteiger partial charge in [0.05, 0.1) is 6.54 Å². The number of carbonyl (C=O) groups excluding carboxylic acids is 1. The molecule has 1 saturated heterocycles. The molecular formula is C18H29N3O. The Balaban J connectivity index is 1.83. The van der Waals surface area contributed by atoms with E-state index in [2.05, 4.69) is 48.6 Å². The predicted octanol–water partition coefficient (Wildman–Crippen LogP) is 2.82. The average Bonchev–Trinajstić information content (AvgIpc) is 2.76. The van der Waals surface area contributed by atoms with E-state index in [0.29, 0.717) is 18.5 Å². The lowest BCUT2D eigenvalue weighted by molar-refractivity contribution is -0.117. The van der Waals surface area contributed by atoms with Gasteiger partial charge in [-0.25, -0.2) is 0 Å². The van der Waals surface area contributed by atoms with E-state index in [9.17, 15) is 4.79 Å². The average molecular weight is 303 g/mol. The Morgan fingerprint density at radius 3 is 2.68 bits per heavy atom. The zero-order chi connectivity index (χ0) is 15.9. The zero-order valence-corrected chi connectivity index (χ0v) is 14.1. The molecule has 1 unspecified atom stereocenters. The molecule has 0 bridgehead atoms. The van der Waals surface area contributed by atoms with Gasteiger partial charge in [0.2, 0.25) is 5.91 Å². The van der Waals surface area contributed by atoms with Crippen LogP contribution in [0.2, 0.25) is 0 Å². The standard InChI is InChI=1S/C18H29N3O/c1-14(2)15-6-8-16(9-7-15)20-18(22)13-21(3)17-5-4-11-19-12-10-17/h6-9,14,17,19H,4-5,10-13H2,1-3H3,(H,20,22). The van der Waals surface area contributed by atoms with Gasteiger partial charge in [-0.15, -0.1) is 0 Å². The fourth-order valence-corrected chi connectivity index (χ4v) is 2.95. The minimum absolute atomic E-state index is 0.0667. The molecule has 4 nitrogen and oxygen atoms in total. The highest BCUT2D eigenvalue weighted by Gasteiger charge is 2.18. The summed E-state index contributed by atoms with van der Waals surface area (Å²) in [5, 5.41) is 6.41. The molecule has 2 rings (SSSR count). The minimum Gasteiger partial charge on any atom is -0.325 e. The van der Waals surface area contributed by atoms with E-state index in [1.807, 2.05) is 12.1 Å². The Bertz CT molecular complexity index is 462. The lowest BCUT2D eigenvalue weighted by Crippen LogP contribution is -2.38. The van der Waals surface area contributed by atoms with Gasteiger partial charge < -0.3 is 10.6 Å². The predicted molar refractivity (Wildman–Crippen MR) is 92.3 cm³/mol. The van der Waals surface area contributed by atoms with Crippen molar-refractivity contribution in [3.05, 3.63) is 29.8 Å². The van der Waals surface area contributed by atoms with Crippen LogP contribution in [0.1, 0.15) is 44.6 Å². The Labute approximate surface area is 134 Å². The molecular weight excluding hydrogens is 274 g/mol. The maximum atomic E-state index is 12.2. The van der Waals surface area contributed by atoms with E-state index in [1.54, 1.807) is 0 Å². The first kappa shape index (κ1) is 17.0. The Kier molecular flexibility index (Phi) is 6.40. The molecule has 1 aromatic carbocycles. The molecule has 2 N–H and O–H groups in total. The van der Waals surface area contributed by atoms with Gasteiger partial charge in [-0.05, 0) is 63.0 Å². The number of amides is 1. The molecule has 0 spiro atoms. The Morgan fingerprint density at radius 1 is 1.27 bits per heavy atom. The van der Waals surface area contributed by atoms with Crippen molar-refractivity contribution >= 4 is 11.6 Å². The third kappa shape index (κ3) is 5.11. The third-order valence-corrected chi connectivity index (χ3v) is 4.42. The Morgan fingerprint density at radius 2 is 2.00 bits per heavy atom. The second kappa shape index (κ2) is 8.30. The second-order valence-electron chi connectivity index (χ2n) is 6.57. The number of likely N-dealkylation sites (N-methyl/N-ethyl adjacent to an activating group) is 1. The van der Waals surface area contributed by atoms with Crippen LogP contribution in [0.15, 0.2) is 24.3 Å². The molecule has 1 atom stereocenters. The summed E-state index contributed by atoms with van der Waals surface area (Å²) in [7, 11) is 2.05. The normalized spacial score (nSPS) is 19.2. The van der Waals surface area contributed by atoms with Gasteiger partial charge in [-0.2, -0.15) is 0 Å². The summed E-state index contributed by atoms with van der Waals surface area (Å²) in [5.74, 6) is 0.580. The van der Waals surface area contributed by atoms with Gasteiger partial charge in [0, 0.05) is 11.7 Å². The largest absolute Gasteiger partial charge is 0.325 e. The second-order valence-corrected chi connectivity index (χ2v) is 6.57. The molecule has 1 fully saturated rings. The quantitative estimate of drug-likeness (QED) is 0.879. The highest BCUT2D eigenvalue weighted by Crippen LogP contribution is 2.17. The van der Waals surface area contributed by atoms with Crippen LogP contribution in [0.3, 0.4) is 0 Å². The van der Waals surface area contributed by atoms with Gasteiger partial charge in [0.25, 0.3) is 0 Å². The van der Waals surface area contributed by atoms with Crippen LogP contribution >= 0.6 is 0 Å². The zero-order valence-electron chi connectivity index (χ0n) is 14.1. The maximum Gasteiger partial charge on any atom is 0.238 e. The molecule has 1 aromatic rings. The molecule has 0 saturated carbocycles. The van der Waals surface area contributed by atoms with E-state index in [-0.39, 0.29) is 5.91 Å². The van der Waals surface area contributed by atoms with E-state index in [1.165, 1.54) is 18.4 Å². The van der Waals surface area contributed by atoms with Gasteiger partial charge in [-0.1, -0.05) is 26.0 Å². The van der Waals surface area contributed by atoms with Crippen LogP contribution < -0.4 is 10.6 Å². The van der Waals surface area contributed by atoms with Crippen molar-refractivity contribution < 1.29 is 4.79 Å². The third-order valence-electron chi connectivity index (χ3n) is 4.42. The topological polar surface area (TPSA) is 44.4 Å². The first-order chi connectivity index (χ1) is 10.6. The smallest absolute Gasteiger partial charge is 0.238 e. The number of carbonyl (C=O) groups is 1. The minimum atomic E-state index is 0.0667. The number of hydrogen-bond donors (Lipinski definition) is 2. The number of anilines is 1. The molecule has 4 heteroatoms. The van der Waals surface area contributed by atoms with Gasteiger partial charge in [-0.3, -0.25) is 9.69 Å². The van der Waals surface area contributed by atoms with Gasteiger partial charge >= 0.3 is 0 Å². The number of nitrogens with one attached hydrogen (secondary N) is 2. The number of nitrogens with zero attached hydrogens (tertiary/aromatic N) is 1. The number of rotatable bonds is 5. The van der Waals surface area contributed by atoms with Crippen molar-refractivity contribution in [2.45, 2.75) is 45.1 Å². The first-order valence-corrected chi connectivity index (χ1v) is 8.37. The van der Waals surface area contributed by atoms with Crippen LogP contribution in [0.25, 0.3) is 0 Å². The van der Waals surface area contributed by atoms with Crippen LogP contribution in [0.4, 0.5) is 5.69 Å². The summed E-state index contributed by atoms with van der Waals surface area (Å²) >= 11 is 0. The summed E-state index contributed by atoms with van der Waals surface area (Å²) in [6.07, 6.45) is 3.47. The highest BCUT2D eigenvalue weighted by molar-refractivity contribution is 5.92. The fraction of sp³-hybridized carbons (Fsp3) is 0.611. The van der Waals surface area contributed by atoms with Crippen molar-refractivity contribution in [2.24, 2.45) is 0 Å². The van der Waals surface area contributed by atoms with E-state index in [0.717, 1.165) is 25.2 Å². The molecule has 1 aliphatic rings. The molecule has 1 amide bonds. The van der Waals surface area contributed by atoms with Gasteiger partial charge in [0.1, 0.15) is 0 Å². The van der Waals surface area contributed by atoms with E-state index in [4.69, 9.17) is 0 Å². The highest BCUT2D eigenvalue weighted by atomic mass is 16.2. The fourth-order valence-electron chi connectivity index (χ4n) is 2.95. The van der Waals surface area contributed by atoms with Crippen molar-refractivity contribution in [1.29, 1.82) is 0 Å². The molecule has 0 radical (unpaired) electrons. The van der Waals surface area contributed by atoms with Gasteiger partial charge in [0.15, 0.2) is 0 Å². The van der Waals surface area contributed by atoms with Crippen molar-refractivity contribution in [2.75, 3.05) is 32.0 Å². The monoisotopic (exact) mass is 303 g/mol. The SMILES string of the molecule is CC(C)c1ccc(NC(=O)CN(C)C2CCCNCC2)cc1. The summed E-state index contributed by atoms with van der Waals surface area (Å²) < 4.78 is 0. The molecule has 1 aliphatic heterocycles. The summed E-state index contributed by atoms with van der Waals surface area (Å²) in [6.45, 7) is 6.94. The van der Waals surface area contributed by atoms with E-state index < -0.39 is 0 Å². The molecule has 0 aromatic heterocycles. The summed E-state index contributed by atoms with van der Waals surface area (Å²) in [5.41, 5.74) is 2.17. The van der Waals surface area contributed by atoms with Crippen LogP contribution in [-0.4, -0.2) is 43.5 Å². The first-order valence-electron chi connectivity index (χ1n) is 8.37. The summed E-state index contributed by atoms with van der Waals surface area (Å²) in [6, 6.07) is 8.65. The Hall–Kier alpha value is -1.39. The maximum absolute atomic E-state index is 12.2. The number of hydrogen-bond acceptors (Lipinski definition) is 3. The lowest BCUT2D eigenvalue weighted by atomic mass is 10.0. The molecule has 122 valence electrons. The van der Waals surface area contributed by atoms with Crippen LogP contribution in [-0.2, 0) is 4.79 Å². The number of benzene rings is 1. The van der Waals surface area contributed by atoms with Crippen LogP contribution in [0, 0.1) is 0 Å². The molecule has 22 heavy (non-hydrogen) atoms. The van der Waals surface area contributed by atoms with Crippen molar-refractivity contribution in [3.8, 4) is 0 Å². The van der Waals surface area contributed by atoms with Crippen LogP contribution in [0.5, 0.6) is 0 Å². The summed E-state index contributed by atoms with van der Waals surface area (Å²) in [4.78, 5) is 14.4. The van der Waals surface area contributed by atoms with Crippen molar-refractivity contribution in [1.82, 2.24) is 10.2 Å². The lowest BCUT2D eigenvalue weighted by Gasteiger charge is -2.26.